The second-order valence-electron chi connectivity index (χ2n) is 14.5. The zero-order valence-electron chi connectivity index (χ0n) is 32.6. The largest absolute Gasteiger partial charge is 0.477 e. The van der Waals surface area contributed by atoms with Crippen molar-refractivity contribution in [2.45, 2.75) is 149 Å². The molecule has 3 rings (SSSR count). The molecule has 3 aliphatic rings. The molecule has 0 saturated carbocycles. The first-order valence-electron chi connectivity index (χ1n) is 18.6. The second kappa shape index (κ2) is 22.5. The van der Waals surface area contributed by atoms with E-state index in [4.69, 9.17) is 28.4 Å². The number of aliphatic hydroxyl groups is 13. The summed E-state index contributed by atoms with van der Waals surface area (Å²) >= 11 is 0. The Labute approximate surface area is 340 Å². The molecule has 0 aromatic rings. The van der Waals surface area contributed by atoms with E-state index in [1.54, 1.807) is 0 Å². The van der Waals surface area contributed by atoms with Gasteiger partial charge in [0.15, 0.2) is 12.6 Å². The Kier molecular flexibility index (Phi) is 19.3. The van der Waals surface area contributed by atoms with E-state index in [1.807, 2.05) is 0 Å². The van der Waals surface area contributed by atoms with Gasteiger partial charge in [0.2, 0.25) is 17.7 Å². The molecule has 3 fully saturated rings. The van der Waals surface area contributed by atoms with Crippen molar-refractivity contribution in [3.05, 3.63) is 0 Å². The quantitative estimate of drug-likeness (QED) is 0.0540. The van der Waals surface area contributed by atoms with E-state index in [2.05, 4.69) is 16.0 Å². The number of aliphatic hydroxyl groups excluding tert-OH is 13. The van der Waals surface area contributed by atoms with Gasteiger partial charge in [-0.25, -0.2) is 4.79 Å². The van der Waals surface area contributed by atoms with Crippen molar-refractivity contribution < 1.29 is 119 Å². The Bertz CT molecular complexity index is 1420. The zero-order valence-corrected chi connectivity index (χ0v) is 32.6. The van der Waals surface area contributed by atoms with E-state index in [0.717, 1.165) is 20.8 Å². The van der Waals surface area contributed by atoms with E-state index in [0.29, 0.717) is 0 Å². The topological polar surface area (TPSA) is 443 Å². The predicted molar refractivity (Wildman–Crippen MR) is 188 cm³/mol. The highest BCUT2D eigenvalue weighted by molar-refractivity contribution is 5.77. The first-order valence-corrected chi connectivity index (χ1v) is 18.6. The Morgan fingerprint density at radius 3 is 1.78 bits per heavy atom. The molecule has 27 heteroatoms. The van der Waals surface area contributed by atoms with Crippen LogP contribution in [0.4, 0.5) is 0 Å². The monoisotopic (exact) mass is 879 g/mol. The van der Waals surface area contributed by atoms with Crippen LogP contribution in [0.2, 0.25) is 0 Å². The van der Waals surface area contributed by atoms with Crippen LogP contribution in [0.5, 0.6) is 0 Å². The number of carboxylic acids is 1. The van der Waals surface area contributed by atoms with Gasteiger partial charge in [-0.2, -0.15) is 0 Å². The first kappa shape index (κ1) is 51.5. The van der Waals surface area contributed by atoms with Crippen LogP contribution in [0.3, 0.4) is 0 Å². The van der Waals surface area contributed by atoms with Crippen LogP contribution in [0.25, 0.3) is 0 Å². The molecule has 3 amide bonds. The van der Waals surface area contributed by atoms with Gasteiger partial charge < -0.3 is 116 Å². The number of rotatable bonds is 20. The molecule has 3 heterocycles. The lowest BCUT2D eigenvalue weighted by atomic mass is 9.88. The molecule has 348 valence electrons. The molecule has 0 spiro atoms. The summed E-state index contributed by atoms with van der Waals surface area (Å²) in [5.74, 6) is -7.85. The summed E-state index contributed by atoms with van der Waals surface area (Å²) in [6, 6.07) is -5.04. The summed E-state index contributed by atoms with van der Waals surface area (Å²) in [4.78, 5) is 49.5. The minimum atomic E-state index is -3.27. The highest BCUT2D eigenvalue weighted by atomic mass is 16.8. The molecule has 3 aliphatic heterocycles. The highest BCUT2D eigenvalue weighted by Crippen LogP contribution is 2.39. The van der Waals surface area contributed by atoms with Crippen LogP contribution < -0.4 is 16.0 Å². The number of carbonyl (C=O) groups excluding carboxylic acids is 3. The van der Waals surface area contributed by atoms with Crippen LogP contribution in [0, 0.1) is 0 Å². The third-order valence-corrected chi connectivity index (χ3v) is 10.0. The van der Waals surface area contributed by atoms with Gasteiger partial charge >= 0.3 is 5.97 Å². The maximum absolute atomic E-state index is 13.2. The van der Waals surface area contributed by atoms with Crippen molar-refractivity contribution in [2.24, 2.45) is 0 Å². The lowest BCUT2D eigenvalue weighted by Crippen LogP contribution is -2.72. The predicted octanol–water partition coefficient (Wildman–Crippen LogP) is -10.5. The second-order valence-corrected chi connectivity index (χ2v) is 14.5. The van der Waals surface area contributed by atoms with Crippen molar-refractivity contribution in [1.82, 2.24) is 16.0 Å². The van der Waals surface area contributed by atoms with E-state index >= 15 is 0 Å². The maximum atomic E-state index is 13.2. The van der Waals surface area contributed by atoms with Crippen molar-refractivity contribution in [1.29, 1.82) is 0 Å². The summed E-state index contributed by atoms with van der Waals surface area (Å²) < 4.78 is 34.7. The van der Waals surface area contributed by atoms with Gasteiger partial charge in [-0.3, -0.25) is 14.4 Å². The molecule has 17 N–H and O–H groups in total. The third kappa shape index (κ3) is 12.0. The average molecular weight is 880 g/mol. The Hall–Kier alpha value is -2.88. The van der Waals surface area contributed by atoms with Gasteiger partial charge in [-0.15, -0.1) is 0 Å². The van der Waals surface area contributed by atoms with Gasteiger partial charge in [0.1, 0.15) is 85.4 Å². The van der Waals surface area contributed by atoms with Crippen LogP contribution >= 0.6 is 0 Å². The number of aliphatic carboxylic acids is 1. The summed E-state index contributed by atoms with van der Waals surface area (Å²) in [5.41, 5.74) is 0. The van der Waals surface area contributed by atoms with Crippen molar-refractivity contribution in [2.75, 3.05) is 33.0 Å². The normalized spacial score (nSPS) is 37.8. The Morgan fingerprint density at radius 1 is 0.717 bits per heavy atom. The van der Waals surface area contributed by atoms with E-state index < -0.39 is 185 Å². The van der Waals surface area contributed by atoms with Gasteiger partial charge in [0, 0.05) is 27.2 Å². The summed E-state index contributed by atoms with van der Waals surface area (Å²) in [6.07, 6.45) is -34.4. The van der Waals surface area contributed by atoms with Crippen LogP contribution in [-0.4, -0.2) is 250 Å². The SMILES string of the molecule is CC(=O)N[C@H]1[C@H](O[C@@H]2[C@H](O[C@]3(C(=O)O)C[C@H](O)[C@@H](NC(C)=O)[C@H]([C@H](O)[C@H](O)CO)O3)[C@@H](O)[C@H](O[C@H]([C@@H](O)[C@H](O)CO)[C@H](CO)NC(C)=O)O[C@@H]2CO)O[C@H](CO)[C@H](O)[C@@H]1O. The summed E-state index contributed by atoms with van der Waals surface area (Å²) in [5, 5.41) is 154. The molecule has 60 heavy (non-hydrogen) atoms. The number of amides is 3. The number of carboxylic acid groups (broad SMARTS) is 1. The van der Waals surface area contributed by atoms with Gasteiger partial charge in [-0.1, -0.05) is 0 Å². The fourth-order valence-electron chi connectivity index (χ4n) is 7.05. The van der Waals surface area contributed by atoms with E-state index in [-0.39, 0.29) is 0 Å². The maximum Gasteiger partial charge on any atom is 0.364 e. The molecular weight excluding hydrogens is 822 g/mol. The fraction of sp³-hybridized carbons (Fsp3) is 0.879. The van der Waals surface area contributed by atoms with Crippen LogP contribution in [-0.2, 0) is 47.6 Å². The number of nitrogens with one attached hydrogen (secondary N) is 3. The number of hydrogen-bond donors (Lipinski definition) is 17. The number of ether oxygens (including phenoxy) is 6. The van der Waals surface area contributed by atoms with Crippen molar-refractivity contribution in [3.8, 4) is 0 Å². The molecule has 0 aromatic carbocycles. The molecule has 3 saturated heterocycles. The van der Waals surface area contributed by atoms with Crippen LogP contribution in [0.15, 0.2) is 0 Å². The van der Waals surface area contributed by atoms with E-state index in [9.17, 15) is 90.7 Å². The Morgan fingerprint density at radius 2 is 1.28 bits per heavy atom. The highest BCUT2D eigenvalue weighted by Gasteiger charge is 2.61. The van der Waals surface area contributed by atoms with Crippen LogP contribution in [0.1, 0.15) is 27.2 Å². The summed E-state index contributed by atoms with van der Waals surface area (Å²) in [7, 11) is 0. The average Bonchev–Trinajstić information content (AvgIpc) is 3.19. The number of hydrogen-bond acceptors (Lipinski definition) is 23. The third-order valence-electron chi connectivity index (χ3n) is 10.0. The lowest BCUT2D eigenvalue weighted by Gasteiger charge is -2.52. The molecule has 20 atom stereocenters. The molecule has 0 aromatic heterocycles. The van der Waals surface area contributed by atoms with Gasteiger partial charge in [0.25, 0.3) is 5.79 Å². The molecule has 27 nitrogen and oxygen atoms in total. The molecular formula is C33H57N3O24. The lowest BCUT2D eigenvalue weighted by molar-refractivity contribution is -0.393. The molecule has 0 radical (unpaired) electrons. The summed E-state index contributed by atoms with van der Waals surface area (Å²) in [6.45, 7) is -2.43. The standard InChI is InChI=1S/C33H57N3O24/c1-10(42)34-13(5-37)26(21(48)15(46)6-38)57-31-25(52)29(27(18(9-41)56-31)58-30-20(36-12(3)44)24(51)23(50)17(8-40)55-30)60-33(32(53)54)4-14(45)19(35-11(2)43)28(59-33)22(49)16(47)7-39/h13-31,37-41,45-52H,4-9H2,1-3H3,(H,34,42)(H,35,43)(H,36,44)(H,53,54)/t13-,14-,15+,16+,17+,18+,19+,20+,21-,22+,23-,24+,25+,26-,27-,28+,29+,30-,31-,33-/m0/s1. The Balaban J connectivity index is 2.24. The first-order chi connectivity index (χ1) is 28.1. The molecule has 0 unspecified atom stereocenters. The van der Waals surface area contributed by atoms with Gasteiger partial charge in [-0.05, 0) is 0 Å². The smallest absolute Gasteiger partial charge is 0.364 e. The fourth-order valence-corrected chi connectivity index (χ4v) is 7.05. The van der Waals surface area contributed by atoms with Crippen molar-refractivity contribution >= 4 is 23.7 Å². The van der Waals surface area contributed by atoms with E-state index in [1.165, 1.54) is 0 Å². The minimum Gasteiger partial charge on any atom is -0.477 e. The zero-order chi connectivity index (χ0) is 45.4. The molecule has 0 bridgehead atoms. The van der Waals surface area contributed by atoms with Gasteiger partial charge in [0.05, 0.1) is 51.2 Å². The minimum absolute atomic E-state index is 0.812. The van der Waals surface area contributed by atoms with Crippen molar-refractivity contribution in [3.63, 3.8) is 0 Å². The number of carbonyl (C=O) groups is 4. The molecule has 0 aliphatic carbocycles.